The van der Waals surface area contributed by atoms with Crippen molar-refractivity contribution in [3.8, 4) is 5.75 Å². The lowest BCUT2D eigenvalue weighted by Gasteiger charge is -2.52. The van der Waals surface area contributed by atoms with Gasteiger partial charge in [-0.1, -0.05) is 169 Å². The monoisotopic (exact) mass is 786 g/mol. The van der Waals surface area contributed by atoms with E-state index in [2.05, 4.69) is 30.4 Å². The van der Waals surface area contributed by atoms with Crippen LogP contribution in [0.5, 0.6) is 5.75 Å². The Labute approximate surface area is 345 Å². The molecule has 2 heterocycles. The van der Waals surface area contributed by atoms with Crippen molar-refractivity contribution in [2.45, 2.75) is 135 Å². The van der Waals surface area contributed by atoms with Crippen LogP contribution in [0.25, 0.3) is 10.8 Å². The molecule has 2 aliphatic heterocycles. The summed E-state index contributed by atoms with van der Waals surface area (Å²) in [4.78, 5) is 59.8. The van der Waals surface area contributed by atoms with Gasteiger partial charge in [-0.2, -0.15) is 0 Å². The van der Waals surface area contributed by atoms with Gasteiger partial charge in [0.2, 0.25) is 11.8 Å². The summed E-state index contributed by atoms with van der Waals surface area (Å²) in [5.41, 5.74) is 2.81. The Bertz CT molecular complexity index is 1930. The lowest BCUT2D eigenvalue weighted by molar-refractivity contribution is -0.167. The minimum atomic E-state index is -0.810. The standard InChI is InChI=1S/C49H62N4O5/c1-2-3-4-5-6-7-8-9-10-11-12-13-17-27-47(55)58-42-30-28-38(29-31-42)34-44-48(56)51(36-41-25-20-24-40-23-18-19-26-43(40)41)37-45-52(33-32-46(54)53(44)45)49(57)50-35-39-21-15-14-16-22-39/h14-16,18-26,28-31,44-45H,2-13,17,27,32-37H2,1H3,(H,50,57)/t44-,45?/m0/s1. The molecular weight excluding hydrogens is 725 g/mol. The lowest BCUT2D eigenvalue weighted by atomic mass is 9.96. The number of piperazine rings is 1. The summed E-state index contributed by atoms with van der Waals surface area (Å²) in [6.45, 7) is 3.44. The van der Waals surface area contributed by atoms with E-state index in [1.165, 1.54) is 64.2 Å². The summed E-state index contributed by atoms with van der Waals surface area (Å²) in [6.07, 6.45) is 16.4. The van der Waals surface area contributed by atoms with E-state index in [9.17, 15) is 19.2 Å². The number of fused-ring (bicyclic) bond motifs is 2. The molecule has 0 radical (unpaired) electrons. The third kappa shape index (κ3) is 11.9. The number of amides is 4. The molecule has 2 saturated heterocycles. The summed E-state index contributed by atoms with van der Waals surface area (Å²) >= 11 is 0. The number of carbonyl (C=O) groups is 4. The van der Waals surface area contributed by atoms with Crippen LogP contribution in [-0.4, -0.2) is 63.8 Å². The van der Waals surface area contributed by atoms with Crippen molar-refractivity contribution in [2.75, 3.05) is 13.1 Å². The molecule has 1 N–H and O–H groups in total. The van der Waals surface area contributed by atoms with E-state index in [0.717, 1.165) is 46.7 Å². The maximum absolute atomic E-state index is 14.5. The van der Waals surface area contributed by atoms with Crippen molar-refractivity contribution >= 4 is 34.6 Å². The summed E-state index contributed by atoms with van der Waals surface area (Å²) < 4.78 is 5.67. The average molecular weight is 787 g/mol. The molecule has 2 aliphatic rings. The number of unbranched alkanes of at least 4 members (excludes halogenated alkanes) is 12. The van der Waals surface area contributed by atoms with Crippen LogP contribution in [0, 0.1) is 0 Å². The number of nitrogens with zero attached hydrogens (tertiary/aromatic N) is 3. The quantitative estimate of drug-likeness (QED) is 0.0515. The van der Waals surface area contributed by atoms with E-state index in [-0.39, 0.29) is 49.7 Å². The maximum atomic E-state index is 14.5. The van der Waals surface area contributed by atoms with Crippen LogP contribution < -0.4 is 10.1 Å². The predicted octanol–water partition coefficient (Wildman–Crippen LogP) is 9.95. The number of benzene rings is 4. The van der Waals surface area contributed by atoms with Crippen molar-refractivity contribution < 1.29 is 23.9 Å². The van der Waals surface area contributed by atoms with Gasteiger partial charge in [0, 0.05) is 38.9 Å². The molecule has 6 rings (SSSR count). The largest absolute Gasteiger partial charge is 0.427 e. The predicted molar refractivity (Wildman–Crippen MR) is 230 cm³/mol. The molecular formula is C49H62N4O5. The fraction of sp³-hybridized carbons (Fsp3) is 0.469. The molecule has 308 valence electrons. The normalized spacial score (nSPS) is 16.7. The van der Waals surface area contributed by atoms with Crippen molar-refractivity contribution in [1.29, 1.82) is 0 Å². The topological polar surface area (TPSA) is 99.3 Å². The van der Waals surface area contributed by atoms with Gasteiger partial charge in [0.1, 0.15) is 18.0 Å². The van der Waals surface area contributed by atoms with Crippen molar-refractivity contribution in [1.82, 2.24) is 20.0 Å². The smallest absolute Gasteiger partial charge is 0.319 e. The first-order valence-corrected chi connectivity index (χ1v) is 21.9. The zero-order chi connectivity index (χ0) is 40.5. The highest BCUT2D eigenvalue weighted by molar-refractivity contribution is 5.92. The van der Waals surface area contributed by atoms with E-state index >= 15 is 0 Å². The van der Waals surface area contributed by atoms with Gasteiger partial charge in [0.25, 0.3) is 0 Å². The molecule has 2 fully saturated rings. The van der Waals surface area contributed by atoms with Gasteiger partial charge in [-0.3, -0.25) is 14.4 Å². The minimum Gasteiger partial charge on any atom is -0.427 e. The van der Waals surface area contributed by atoms with Crippen LogP contribution in [0.2, 0.25) is 0 Å². The maximum Gasteiger partial charge on any atom is 0.319 e. The molecule has 58 heavy (non-hydrogen) atoms. The molecule has 9 nitrogen and oxygen atoms in total. The van der Waals surface area contributed by atoms with Gasteiger partial charge in [-0.05, 0) is 46.0 Å². The van der Waals surface area contributed by atoms with Crippen molar-refractivity contribution in [2.24, 2.45) is 0 Å². The summed E-state index contributed by atoms with van der Waals surface area (Å²) in [5, 5.41) is 5.19. The molecule has 2 atom stereocenters. The summed E-state index contributed by atoms with van der Waals surface area (Å²) in [6, 6.07) is 30.1. The highest BCUT2D eigenvalue weighted by Crippen LogP contribution is 2.30. The molecule has 4 amide bonds. The summed E-state index contributed by atoms with van der Waals surface area (Å²) in [7, 11) is 0. The Morgan fingerprint density at radius 1 is 0.707 bits per heavy atom. The Morgan fingerprint density at radius 2 is 1.34 bits per heavy atom. The van der Waals surface area contributed by atoms with Crippen LogP contribution in [-0.2, 0) is 33.9 Å². The Balaban J connectivity index is 1.05. The number of hydrogen-bond donors (Lipinski definition) is 1. The number of ether oxygens (including phenoxy) is 1. The van der Waals surface area contributed by atoms with E-state index in [4.69, 9.17) is 4.74 Å². The molecule has 0 aliphatic carbocycles. The van der Waals surface area contributed by atoms with Crippen LogP contribution in [0.4, 0.5) is 4.79 Å². The molecule has 0 bridgehead atoms. The number of carbonyl (C=O) groups excluding carboxylic acids is 4. The van der Waals surface area contributed by atoms with Gasteiger partial charge in [-0.25, -0.2) is 4.79 Å². The number of esters is 1. The molecule has 0 spiro atoms. The first-order chi connectivity index (χ1) is 28.4. The first-order valence-electron chi connectivity index (χ1n) is 21.9. The van der Waals surface area contributed by atoms with Gasteiger partial charge in [0.15, 0.2) is 0 Å². The van der Waals surface area contributed by atoms with Crippen LogP contribution in [0.1, 0.15) is 120 Å². The second kappa shape index (κ2) is 22.1. The van der Waals surface area contributed by atoms with Crippen LogP contribution in [0.15, 0.2) is 97.1 Å². The van der Waals surface area contributed by atoms with Gasteiger partial charge in [0.05, 0.1) is 6.54 Å². The minimum absolute atomic E-state index is 0.135. The first kappa shape index (κ1) is 42.4. The molecule has 4 aromatic carbocycles. The fourth-order valence-corrected chi connectivity index (χ4v) is 8.46. The molecule has 0 saturated carbocycles. The zero-order valence-electron chi connectivity index (χ0n) is 34.4. The third-order valence-electron chi connectivity index (χ3n) is 11.7. The number of urea groups is 1. The Morgan fingerprint density at radius 3 is 2.05 bits per heavy atom. The van der Waals surface area contributed by atoms with Gasteiger partial charge >= 0.3 is 12.0 Å². The molecule has 1 unspecified atom stereocenters. The van der Waals surface area contributed by atoms with Crippen LogP contribution >= 0.6 is 0 Å². The lowest BCUT2D eigenvalue weighted by Crippen LogP contribution is -2.72. The SMILES string of the molecule is CCCCCCCCCCCCCCCC(=O)Oc1ccc(C[C@H]2C(=O)N(Cc3cccc4ccccc34)CC3N(C(=O)NCc4ccccc4)CCC(=O)N32)cc1. The number of nitrogens with one attached hydrogen (secondary N) is 1. The number of rotatable bonds is 21. The van der Waals surface area contributed by atoms with E-state index in [0.29, 0.717) is 25.3 Å². The highest BCUT2D eigenvalue weighted by Gasteiger charge is 2.48. The van der Waals surface area contributed by atoms with Crippen molar-refractivity contribution in [3.05, 3.63) is 114 Å². The van der Waals surface area contributed by atoms with Gasteiger partial charge < -0.3 is 24.8 Å². The molecule has 9 heteroatoms. The van der Waals surface area contributed by atoms with E-state index in [1.54, 1.807) is 26.8 Å². The second-order valence-electron chi connectivity index (χ2n) is 16.1. The van der Waals surface area contributed by atoms with Gasteiger partial charge in [-0.15, -0.1) is 0 Å². The third-order valence-corrected chi connectivity index (χ3v) is 11.7. The second-order valence-corrected chi connectivity index (χ2v) is 16.1. The van der Waals surface area contributed by atoms with E-state index in [1.807, 2.05) is 66.7 Å². The Kier molecular flexibility index (Phi) is 16.2. The molecule has 4 aromatic rings. The summed E-state index contributed by atoms with van der Waals surface area (Å²) in [5.74, 6) is -0.0738. The average Bonchev–Trinajstić information content (AvgIpc) is 3.24. The Hall–Kier alpha value is -5.18. The zero-order valence-corrected chi connectivity index (χ0v) is 34.4. The number of hydrogen-bond acceptors (Lipinski definition) is 5. The van der Waals surface area contributed by atoms with Crippen LogP contribution in [0.3, 0.4) is 0 Å². The molecule has 0 aromatic heterocycles. The fourth-order valence-electron chi connectivity index (χ4n) is 8.46. The highest BCUT2D eigenvalue weighted by atomic mass is 16.5. The van der Waals surface area contributed by atoms with E-state index < -0.39 is 12.2 Å². The van der Waals surface area contributed by atoms with Crippen molar-refractivity contribution in [3.63, 3.8) is 0 Å².